The zero-order chi connectivity index (χ0) is 44.6. The lowest BCUT2D eigenvalue weighted by atomic mass is 10.1. The maximum Gasteiger partial charge on any atom is 0.0431 e. The molecule has 59 heavy (non-hydrogen) atoms. The maximum atomic E-state index is 8.61. The summed E-state index contributed by atoms with van der Waals surface area (Å²) in [4.78, 5) is 0. The van der Waals surface area contributed by atoms with Crippen LogP contribution >= 0.6 is 0 Å². The van der Waals surface area contributed by atoms with Crippen molar-refractivity contribution in [1.29, 1.82) is 0 Å². The molecule has 0 aromatic carbocycles. The molecule has 0 amide bonds. The van der Waals surface area contributed by atoms with Crippen LogP contribution in [0.1, 0.15) is 317 Å². The zero-order valence-corrected chi connectivity index (χ0v) is 41.9. The van der Waals surface area contributed by atoms with Gasteiger partial charge >= 0.3 is 0 Å². The number of unbranched alkanes of at least 4 members (excludes halogenated alkanes) is 39. The number of aliphatic hydroxyl groups excluding tert-OH is 5. The fraction of sp³-hybridized carbons (Fsp3) is 1.00. The predicted molar refractivity (Wildman–Crippen MR) is 267 cm³/mol. The second kappa shape index (κ2) is 78.3. The van der Waals surface area contributed by atoms with E-state index in [4.69, 9.17) is 25.5 Å². The second-order valence-electron chi connectivity index (χ2n) is 17.4. The summed E-state index contributed by atoms with van der Waals surface area (Å²) in [6.07, 6.45) is 57.8. The third kappa shape index (κ3) is 93.8. The Hall–Kier alpha value is -0.200. The van der Waals surface area contributed by atoms with Gasteiger partial charge in [0.25, 0.3) is 0 Å². The van der Waals surface area contributed by atoms with Crippen LogP contribution in [0.15, 0.2) is 0 Å². The molecule has 0 heterocycles. The maximum absolute atomic E-state index is 8.61. The molecule has 0 aliphatic heterocycles. The van der Waals surface area contributed by atoms with Crippen LogP contribution in [0.3, 0.4) is 0 Å². The molecule has 0 spiro atoms. The first-order valence-corrected chi connectivity index (χ1v) is 27.1. The summed E-state index contributed by atoms with van der Waals surface area (Å²) in [5, 5.41) is 42.6. The predicted octanol–water partition coefficient (Wildman–Crippen LogP) is 17.2. The molecule has 0 bridgehead atoms. The van der Waals surface area contributed by atoms with Crippen LogP contribution in [0, 0.1) is 0 Å². The molecule has 5 nitrogen and oxygen atoms in total. The first kappa shape index (κ1) is 67.9. The largest absolute Gasteiger partial charge is 0.396 e. The number of rotatable bonds is 44. The average Bonchev–Trinajstić information content (AvgIpc) is 3.25. The quantitative estimate of drug-likeness (QED) is 0.0393. The topological polar surface area (TPSA) is 101 Å². The van der Waals surface area contributed by atoms with Crippen molar-refractivity contribution >= 4 is 0 Å². The van der Waals surface area contributed by atoms with Crippen molar-refractivity contribution in [2.45, 2.75) is 317 Å². The highest BCUT2D eigenvalue weighted by atomic mass is 16.3. The average molecular weight is 848 g/mol. The molecule has 5 N–H and O–H groups in total. The Morgan fingerprint density at radius 3 is 0.305 bits per heavy atom. The third-order valence-electron chi connectivity index (χ3n) is 11.1. The van der Waals surface area contributed by atoms with Crippen LogP contribution in [0.5, 0.6) is 0 Å². The zero-order valence-electron chi connectivity index (χ0n) is 41.9. The molecular weight excluding hydrogens is 729 g/mol. The van der Waals surface area contributed by atoms with Gasteiger partial charge in [0.05, 0.1) is 0 Å². The molecule has 0 aliphatic rings. The van der Waals surface area contributed by atoms with Gasteiger partial charge in [0.2, 0.25) is 0 Å². The molecule has 0 saturated carbocycles. The van der Waals surface area contributed by atoms with E-state index in [0.29, 0.717) is 33.0 Å². The second-order valence-corrected chi connectivity index (χ2v) is 17.4. The monoisotopic (exact) mass is 847 g/mol. The van der Waals surface area contributed by atoms with E-state index >= 15 is 0 Å². The van der Waals surface area contributed by atoms with E-state index in [1.807, 2.05) is 0 Å². The molecule has 0 aliphatic carbocycles. The van der Waals surface area contributed by atoms with Gasteiger partial charge in [-0.3, -0.25) is 0 Å². The van der Waals surface area contributed by atoms with Crippen molar-refractivity contribution in [1.82, 2.24) is 0 Å². The van der Waals surface area contributed by atoms with Gasteiger partial charge in [-0.1, -0.05) is 285 Å². The van der Waals surface area contributed by atoms with E-state index in [1.54, 1.807) is 0 Å². The van der Waals surface area contributed by atoms with Crippen molar-refractivity contribution < 1.29 is 25.5 Å². The standard InChI is InChI=1S/C14H30O.4C10H22O/c1-2-3-4-5-6-7-8-9-10-11-12-13-14-15;4*1-2-3-4-5-6-7-8-9-10-11/h15H,2-14H2,1H3;4*11H,2-10H2,1H3. The van der Waals surface area contributed by atoms with Gasteiger partial charge in [-0.25, -0.2) is 0 Å². The summed E-state index contributed by atoms with van der Waals surface area (Å²) in [5.74, 6) is 0. The minimum Gasteiger partial charge on any atom is -0.396 e. The molecule has 0 aromatic rings. The van der Waals surface area contributed by atoms with E-state index in [9.17, 15) is 0 Å². The van der Waals surface area contributed by atoms with Crippen LogP contribution < -0.4 is 0 Å². The Morgan fingerprint density at radius 2 is 0.220 bits per heavy atom. The van der Waals surface area contributed by atoms with Gasteiger partial charge < -0.3 is 25.5 Å². The number of aliphatic hydroxyl groups is 5. The first-order chi connectivity index (χ1) is 29.1. The summed E-state index contributed by atoms with van der Waals surface area (Å²) in [7, 11) is 0. The summed E-state index contributed by atoms with van der Waals surface area (Å²) in [6, 6.07) is 0. The van der Waals surface area contributed by atoms with Crippen molar-refractivity contribution in [3.8, 4) is 0 Å². The lowest BCUT2D eigenvalue weighted by molar-refractivity contribution is 0.282. The summed E-state index contributed by atoms with van der Waals surface area (Å²) in [6.45, 7) is 13.1. The van der Waals surface area contributed by atoms with Crippen LogP contribution in [0.4, 0.5) is 0 Å². The van der Waals surface area contributed by atoms with E-state index < -0.39 is 0 Å². The van der Waals surface area contributed by atoms with E-state index in [-0.39, 0.29) is 0 Å². The lowest BCUT2D eigenvalue weighted by Gasteiger charge is -2.01. The van der Waals surface area contributed by atoms with E-state index in [1.165, 1.54) is 250 Å². The van der Waals surface area contributed by atoms with Gasteiger partial charge in [0.15, 0.2) is 0 Å². The van der Waals surface area contributed by atoms with Gasteiger partial charge in [-0.05, 0) is 32.1 Å². The van der Waals surface area contributed by atoms with Crippen molar-refractivity contribution in [2.24, 2.45) is 0 Å². The Labute approximate surface area is 374 Å². The van der Waals surface area contributed by atoms with Crippen LogP contribution in [0.25, 0.3) is 0 Å². The third-order valence-corrected chi connectivity index (χ3v) is 11.1. The van der Waals surface area contributed by atoms with Crippen molar-refractivity contribution in [3.63, 3.8) is 0 Å². The lowest BCUT2D eigenvalue weighted by Crippen LogP contribution is -1.84. The Bertz CT molecular complexity index is 459. The molecule has 5 heteroatoms. The van der Waals surface area contributed by atoms with Gasteiger partial charge in [0.1, 0.15) is 0 Å². The van der Waals surface area contributed by atoms with Crippen molar-refractivity contribution in [3.05, 3.63) is 0 Å². The van der Waals surface area contributed by atoms with Crippen molar-refractivity contribution in [2.75, 3.05) is 33.0 Å². The normalized spacial score (nSPS) is 10.5. The minimum atomic E-state index is 0.370. The summed E-state index contributed by atoms with van der Waals surface area (Å²) in [5.41, 5.74) is 0. The van der Waals surface area contributed by atoms with Crippen LogP contribution in [-0.2, 0) is 0 Å². The van der Waals surface area contributed by atoms with E-state index in [2.05, 4.69) is 34.6 Å². The van der Waals surface area contributed by atoms with Crippen LogP contribution in [0.2, 0.25) is 0 Å². The number of hydrogen-bond donors (Lipinski definition) is 5. The highest BCUT2D eigenvalue weighted by Gasteiger charge is 1.94. The minimum absolute atomic E-state index is 0.370. The highest BCUT2D eigenvalue weighted by molar-refractivity contribution is 4.49. The van der Waals surface area contributed by atoms with Gasteiger partial charge in [0, 0.05) is 33.0 Å². The first-order valence-electron chi connectivity index (χ1n) is 27.1. The smallest absolute Gasteiger partial charge is 0.0431 e. The fourth-order valence-corrected chi connectivity index (χ4v) is 6.94. The Morgan fingerprint density at radius 1 is 0.136 bits per heavy atom. The molecule has 0 unspecified atom stereocenters. The number of hydrogen-bond acceptors (Lipinski definition) is 5. The Balaban J connectivity index is -0.000000207. The molecule has 0 aromatic heterocycles. The summed E-state index contributed by atoms with van der Waals surface area (Å²) >= 11 is 0. The van der Waals surface area contributed by atoms with E-state index in [0.717, 1.165) is 32.1 Å². The molecule has 0 rings (SSSR count). The molecule has 364 valence electrons. The summed E-state index contributed by atoms with van der Waals surface area (Å²) < 4.78 is 0. The van der Waals surface area contributed by atoms with Crippen LogP contribution in [-0.4, -0.2) is 58.6 Å². The van der Waals surface area contributed by atoms with Gasteiger partial charge in [-0.2, -0.15) is 0 Å². The molecule has 0 fully saturated rings. The SMILES string of the molecule is CCCCCCCCCCCCCCO.CCCCCCCCCCO.CCCCCCCCCCO.CCCCCCCCCCO.CCCCCCCCCCO. The molecule has 0 radical (unpaired) electrons. The molecular formula is C54H118O5. The molecule has 0 saturated heterocycles. The highest BCUT2D eigenvalue weighted by Crippen LogP contribution is 2.13. The fourth-order valence-electron chi connectivity index (χ4n) is 6.94. The molecule has 0 atom stereocenters. The Kier molecular flexibility index (Phi) is 90.1. The van der Waals surface area contributed by atoms with Gasteiger partial charge in [-0.15, -0.1) is 0 Å².